The SMILES string of the molecule is O=c1c2cnc3occc3c2[nH]n1-c1ccc(Cl)cc1. The Kier molecular flexibility index (Phi) is 2.25. The highest BCUT2D eigenvalue weighted by molar-refractivity contribution is 6.30. The largest absolute Gasteiger partial charge is 0.446 e. The van der Waals surface area contributed by atoms with E-state index in [9.17, 15) is 4.79 Å². The molecule has 0 radical (unpaired) electrons. The predicted molar refractivity (Wildman–Crippen MR) is 76.5 cm³/mol. The van der Waals surface area contributed by atoms with Crippen LogP contribution in [0.25, 0.3) is 27.7 Å². The smallest absolute Gasteiger partial charge is 0.280 e. The molecule has 0 atom stereocenters. The van der Waals surface area contributed by atoms with Gasteiger partial charge in [-0.05, 0) is 30.3 Å². The van der Waals surface area contributed by atoms with E-state index in [2.05, 4.69) is 10.1 Å². The fourth-order valence-corrected chi connectivity index (χ4v) is 2.39. The molecule has 0 saturated carbocycles. The molecule has 3 heterocycles. The molecule has 0 unspecified atom stereocenters. The highest BCUT2D eigenvalue weighted by Crippen LogP contribution is 2.21. The van der Waals surface area contributed by atoms with Gasteiger partial charge in [0.25, 0.3) is 5.56 Å². The second kappa shape index (κ2) is 3.98. The summed E-state index contributed by atoms with van der Waals surface area (Å²) in [6, 6.07) is 8.81. The van der Waals surface area contributed by atoms with E-state index < -0.39 is 0 Å². The average molecular weight is 286 g/mol. The van der Waals surface area contributed by atoms with Crippen molar-refractivity contribution in [3.8, 4) is 5.69 Å². The molecule has 98 valence electrons. The van der Waals surface area contributed by atoms with Crippen molar-refractivity contribution in [3.05, 3.63) is 58.2 Å². The summed E-state index contributed by atoms with van der Waals surface area (Å²) in [5.41, 5.74) is 1.77. The highest BCUT2D eigenvalue weighted by Gasteiger charge is 2.13. The van der Waals surface area contributed by atoms with Crippen LogP contribution < -0.4 is 5.56 Å². The van der Waals surface area contributed by atoms with Crippen LogP contribution >= 0.6 is 11.6 Å². The van der Waals surface area contributed by atoms with Gasteiger partial charge in [-0.25, -0.2) is 9.67 Å². The van der Waals surface area contributed by atoms with Crippen molar-refractivity contribution in [1.82, 2.24) is 14.8 Å². The number of hydrogen-bond donors (Lipinski definition) is 1. The summed E-state index contributed by atoms with van der Waals surface area (Å²) in [6.07, 6.45) is 3.07. The molecule has 0 aliphatic rings. The molecule has 1 N–H and O–H groups in total. The molecule has 0 fully saturated rings. The first-order chi connectivity index (χ1) is 9.74. The number of pyridine rings is 1. The summed E-state index contributed by atoms with van der Waals surface area (Å²) >= 11 is 5.86. The molecule has 0 amide bonds. The van der Waals surface area contributed by atoms with Crippen molar-refractivity contribution in [3.63, 3.8) is 0 Å². The number of furan rings is 1. The second-order valence-electron chi connectivity index (χ2n) is 4.42. The fourth-order valence-electron chi connectivity index (χ4n) is 2.26. The monoisotopic (exact) mass is 285 g/mol. The molecule has 0 bridgehead atoms. The number of benzene rings is 1. The number of halogens is 1. The van der Waals surface area contributed by atoms with Gasteiger partial charge >= 0.3 is 0 Å². The van der Waals surface area contributed by atoms with Crippen molar-refractivity contribution in [1.29, 1.82) is 0 Å². The van der Waals surface area contributed by atoms with Crippen molar-refractivity contribution >= 4 is 33.6 Å². The van der Waals surface area contributed by atoms with Crippen LogP contribution in [0.15, 0.2) is 52.0 Å². The Balaban J connectivity index is 2.07. The van der Waals surface area contributed by atoms with Crippen molar-refractivity contribution in [2.24, 2.45) is 0 Å². The third-order valence-electron chi connectivity index (χ3n) is 3.24. The molecule has 6 heteroatoms. The molecule has 3 aromatic heterocycles. The number of nitrogens with zero attached hydrogens (tertiary/aromatic N) is 2. The number of H-pyrrole nitrogens is 1. The Bertz CT molecular complexity index is 979. The summed E-state index contributed by atoms with van der Waals surface area (Å²) in [5.74, 6) is 0. The lowest BCUT2D eigenvalue weighted by atomic mass is 10.2. The maximum atomic E-state index is 12.4. The maximum absolute atomic E-state index is 12.4. The molecule has 4 aromatic rings. The standard InChI is InChI=1S/C14H8ClN3O2/c15-8-1-3-9(4-2-8)18-14(19)11-7-16-13-10(5-6-20-13)12(11)17-18/h1-7,17H. The number of rotatable bonds is 1. The maximum Gasteiger partial charge on any atom is 0.280 e. The van der Waals surface area contributed by atoms with Gasteiger partial charge in [0.05, 0.1) is 28.2 Å². The molecule has 0 spiro atoms. The van der Waals surface area contributed by atoms with Gasteiger partial charge in [0.1, 0.15) is 0 Å². The van der Waals surface area contributed by atoms with Gasteiger partial charge in [-0.1, -0.05) is 11.6 Å². The summed E-state index contributed by atoms with van der Waals surface area (Å²) in [4.78, 5) is 16.5. The lowest BCUT2D eigenvalue weighted by Crippen LogP contribution is -2.13. The number of fused-ring (bicyclic) bond motifs is 3. The van der Waals surface area contributed by atoms with Gasteiger partial charge in [0.2, 0.25) is 5.71 Å². The van der Waals surface area contributed by atoms with E-state index in [-0.39, 0.29) is 5.56 Å². The average Bonchev–Trinajstić information content (AvgIpc) is 3.04. The minimum atomic E-state index is -0.155. The van der Waals surface area contributed by atoms with E-state index in [1.165, 1.54) is 10.9 Å². The molecule has 1 aromatic carbocycles. The van der Waals surface area contributed by atoms with Gasteiger partial charge in [-0.2, -0.15) is 0 Å². The number of hydrogen-bond acceptors (Lipinski definition) is 3. The molecule has 20 heavy (non-hydrogen) atoms. The first-order valence-electron chi connectivity index (χ1n) is 5.97. The lowest BCUT2D eigenvalue weighted by Gasteiger charge is -2.00. The number of aromatic amines is 1. The van der Waals surface area contributed by atoms with Crippen LogP contribution in [0.2, 0.25) is 5.02 Å². The van der Waals surface area contributed by atoms with Crippen molar-refractivity contribution in [2.75, 3.05) is 0 Å². The zero-order valence-corrected chi connectivity index (χ0v) is 10.9. The lowest BCUT2D eigenvalue weighted by molar-refractivity contribution is 0.603. The predicted octanol–water partition coefficient (Wildman–Crippen LogP) is 3.11. The fraction of sp³-hybridized carbons (Fsp3) is 0. The molecule has 4 rings (SSSR count). The Morgan fingerprint density at radius 2 is 1.95 bits per heavy atom. The van der Waals surface area contributed by atoms with Crippen LogP contribution in [0.3, 0.4) is 0 Å². The number of aromatic nitrogens is 3. The Hall–Kier alpha value is -2.53. The van der Waals surface area contributed by atoms with E-state index in [1.54, 1.807) is 36.6 Å². The van der Waals surface area contributed by atoms with Crippen molar-refractivity contribution in [2.45, 2.75) is 0 Å². The molecule has 5 nitrogen and oxygen atoms in total. The normalized spacial score (nSPS) is 11.4. The second-order valence-corrected chi connectivity index (χ2v) is 4.85. The zero-order valence-electron chi connectivity index (χ0n) is 10.1. The Labute approximate surface area is 117 Å². The van der Waals surface area contributed by atoms with E-state index in [0.717, 1.165) is 5.39 Å². The summed E-state index contributed by atoms with van der Waals surface area (Å²) < 4.78 is 6.70. The minimum absolute atomic E-state index is 0.155. The van der Waals surface area contributed by atoms with Crippen LogP contribution in [0, 0.1) is 0 Å². The first-order valence-corrected chi connectivity index (χ1v) is 6.35. The van der Waals surface area contributed by atoms with E-state index in [0.29, 0.717) is 27.3 Å². The summed E-state index contributed by atoms with van der Waals surface area (Å²) in [5, 5.41) is 5.02. The molecular weight excluding hydrogens is 278 g/mol. The van der Waals surface area contributed by atoms with E-state index in [4.69, 9.17) is 16.0 Å². The van der Waals surface area contributed by atoms with Crippen LogP contribution in [-0.4, -0.2) is 14.8 Å². The van der Waals surface area contributed by atoms with Gasteiger partial charge in [0.15, 0.2) is 0 Å². The van der Waals surface area contributed by atoms with Gasteiger partial charge < -0.3 is 4.42 Å². The van der Waals surface area contributed by atoms with Gasteiger partial charge in [-0.3, -0.25) is 9.89 Å². The van der Waals surface area contributed by atoms with Crippen LogP contribution in [0.4, 0.5) is 0 Å². The van der Waals surface area contributed by atoms with E-state index >= 15 is 0 Å². The zero-order chi connectivity index (χ0) is 13.7. The van der Waals surface area contributed by atoms with E-state index in [1.807, 2.05) is 0 Å². The van der Waals surface area contributed by atoms with Crippen molar-refractivity contribution < 1.29 is 4.42 Å². The molecule has 0 aliphatic carbocycles. The molecule has 0 aliphatic heterocycles. The first kappa shape index (κ1) is 11.3. The summed E-state index contributed by atoms with van der Waals surface area (Å²) in [7, 11) is 0. The van der Waals surface area contributed by atoms with Crippen LogP contribution in [0.1, 0.15) is 0 Å². The minimum Gasteiger partial charge on any atom is -0.446 e. The Morgan fingerprint density at radius 1 is 1.15 bits per heavy atom. The number of nitrogens with one attached hydrogen (secondary N) is 1. The third kappa shape index (κ3) is 1.50. The molecular formula is C14H8ClN3O2. The van der Waals surface area contributed by atoms with Crippen LogP contribution in [0.5, 0.6) is 0 Å². The Morgan fingerprint density at radius 3 is 2.75 bits per heavy atom. The third-order valence-corrected chi connectivity index (χ3v) is 3.49. The van der Waals surface area contributed by atoms with Crippen LogP contribution in [-0.2, 0) is 0 Å². The topological polar surface area (TPSA) is 63.8 Å². The quantitative estimate of drug-likeness (QED) is 0.584. The van der Waals surface area contributed by atoms with Gasteiger partial charge in [-0.15, -0.1) is 0 Å². The highest BCUT2D eigenvalue weighted by atomic mass is 35.5. The van der Waals surface area contributed by atoms with Gasteiger partial charge in [0, 0.05) is 11.2 Å². The molecule has 0 saturated heterocycles. The summed E-state index contributed by atoms with van der Waals surface area (Å²) in [6.45, 7) is 0.